The first kappa shape index (κ1) is 22.2. The number of nitrogens with zero attached hydrogens (tertiary/aromatic N) is 2. The van der Waals surface area contributed by atoms with Gasteiger partial charge in [0.15, 0.2) is 5.11 Å². The Kier molecular flexibility index (Phi) is 10.2. The molecule has 0 aliphatic heterocycles. The van der Waals surface area contributed by atoms with E-state index in [-0.39, 0.29) is 0 Å². The summed E-state index contributed by atoms with van der Waals surface area (Å²) in [5.74, 6) is 0. The van der Waals surface area contributed by atoms with Crippen LogP contribution in [0.3, 0.4) is 0 Å². The van der Waals surface area contributed by atoms with E-state index in [0.29, 0.717) is 0 Å². The van der Waals surface area contributed by atoms with Crippen LogP contribution in [-0.4, -0.2) is 47.8 Å². The number of hydrogen-bond acceptors (Lipinski definition) is 4. The third kappa shape index (κ3) is 8.21. The summed E-state index contributed by atoms with van der Waals surface area (Å²) in [4.78, 5) is 7.30. The normalized spacial score (nSPS) is 11.0. The molecule has 0 aliphatic rings. The van der Waals surface area contributed by atoms with Crippen molar-refractivity contribution in [3.63, 3.8) is 0 Å². The van der Waals surface area contributed by atoms with Gasteiger partial charge in [0.1, 0.15) is 0 Å². The Morgan fingerprint density at radius 2 is 1.96 bits per heavy atom. The zero-order valence-electron chi connectivity index (χ0n) is 16.6. The highest BCUT2D eigenvalue weighted by atomic mass is 32.2. The molecule has 0 fully saturated rings. The molecule has 0 saturated carbocycles. The minimum Gasteiger partial charge on any atom is -0.344 e. The fraction of sp³-hybridized carbons (Fsp3) is 0.476. The molecule has 1 N–H and O–H groups in total. The van der Waals surface area contributed by atoms with Gasteiger partial charge in [-0.1, -0.05) is 25.5 Å². The average Bonchev–Trinajstić information content (AvgIpc) is 3.18. The number of anilines is 1. The van der Waals surface area contributed by atoms with Crippen LogP contribution in [0.15, 0.2) is 46.7 Å². The van der Waals surface area contributed by atoms with Gasteiger partial charge in [-0.3, -0.25) is 0 Å². The number of hydrogen-bond donors (Lipinski definition) is 1. The number of thioether (sulfide) groups is 1. The van der Waals surface area contributed by atoms with Crippen LogP contribution in [-0.2, 0) is 6.54 Å². The van der Waals surface area contributed by atoms with Crippen LogP contribution in [0.25, 0.3) is 0 Å². The van der Waals surface area contributed by atoms with Gasteiger partial charge >= 0.3 is 0 Å². The van der Waals surface area contributed by atoms with Gasteiger partial charge in [0.2, 0.25) is 0 Å². The summed E-state index contributed by atoms with van der Waals surface area (Å²) in [6, 6.07) is 12.7. The molecule has 0 bridgehead atoms. The first-order chi connectivity index (χ1) is 13.1. The van der Waals surface area contributed by atoms with E-state index in [0.717, 1.165) is 36.9 Å². The highest BCUT2D eigenvalue weighted by molar-refractivity contribution is 7.98. The van der Waals surface area contributed by atoms with Crippen molar-refractivity contribution in [1.82, 2.24) is 9.80 Å². The van der Waals surface area contributed by atoms with E-state index in [9.17, 15) is 0 Å². The predicted molar refractivity (Wildman–Crippen MR) is 126 cm³/mol. The summed E-state index contributed by atoms with van der Waals surface area (Å²) < 4.78 is 0. The largest absolute Gasteiger partial charge is 0.344 e. The fourth-order valence-electron chi connectivity index (χ4n) is 2.82. The van der Waals surface area contributed by atoms with Gasteiger partial charge in [0.05, 0.1) is 6.54 Å². The SMILES string of the molecule is CCCCN(C)CCCN(Cc1cccs1)C(=S)Nc1cccc(SC)c1. The number of thiocarbonyl (C=S) groups is 1. The lowest BCUT2D eigenvalue weighted by Crippen LogP contribution is -2.36. The Bertz CT molecular complexity index is 673. The molecule has 2 rings (SSSR count). The Hall–Kier alpha value is -1.08. The van der Waals surface area contributed by atoms with Crippen LogP contribution < -0.4 is 5.32 Å². The van der Waals surface area contributed by atoms with E-state index < -0.39 is 0 Å². The van der Waals surface area contributed by atoms with Gasteiger partial charge in [-0.25, -0.2) is 0 Å². The van der Waals surface area contributed by atoms with Crippen LogP contribution in [0.1, 0.15) is 31.1 Å². The highest BCUT2D eigenvalue weighted by Gasteiger charge is 2.12. The molecule has 6 heteroatoms. The molecule has 0 atom stereocenters. The van der Waals surface area contributed by atoms with Crippen molar-refractivity contribution in [3.05, 3.63) is 46.7 Å². The quantitative estimate of drug-likeness (QED) is 0.364. The van der Waals surface area contributed by atoms with Gasteiger partial charge in [-0.05, 0) is 81.1 Å². The van der Waals surface area contributed by atoms with Crippen molar-refractivity contribution in [2.45, 2.75) is 37.6 Å². The minimum absolute atomic E-state index is 0.804. The van der Waals surface area contributed by atoms with Crippen LogP contribution in [0, 0.1) is 0 Å². The number of benzene rings is 1. The lowest BCUT2D eigenvalue weighted by molar-refractivity contribution is 0.300. The van der Waals surface area contributed by atoms with Gasteiger partial charge in [0.25, 0.3) is 0 Å². The standard InChI is InChI=1S/C21H31N3S3/c1-4-5-12-23(2)13-8-14-24(17-20-11-7-15-27-20)21(25)22-18-9-6-10-19(16-18)26-3/h6-7,9-11,15-16H,4-5,8,12-14,17H2,1-3H3,(H,22,25). The molecular weight excluding hydrogens is 390 g/mol. The van der Waals surface area contributed by atoms with Gasteiger partial charge in [-0.15, -0.1) is 23.1 Å². The van der Waals surface area contributed by atoms with E-state index in [1.807, 2.05) is 0 Å². The van der Waals surface area contributed by atoms with E-state index in [4.69, 9.17) is 12.2 Å². The Balaban J connectivity index is 1.94. The number of thiophene rings is 1. The summed E-state index contributed by atoms with van der Waals surface area (Å²) in [6.45, 7) is 6.34. The molecule has 0 radical (unpaired) electrons. The second-order valence-electron chi connectivity index (χ2n) is 6.67. The highest BCUT2D eigenvalue weighted by Crippen LogP contribution is 2.20. The topological polar surface area (TPSA) is 18.5 Å². The second-order valence-corrected chi connectivity index (χ2v) is 8.97. The van der Waals surface area contributed by atoms with Crippen molar-refractivity contribution >= 4 is 46.1 Å². The van der Waals surface area contributed by atoms with Crippen LogP contribution >= 0.6 is 35.3 Å². The summed E-state index contributed by atoms with van der Waals surface area (Å²) >= 11 is 9.29. The molecule has 0 spiro atoms. The molecule has 0 amide bonds. The lowest BCUT2D eigenvalue weighted by Gasteiger charge is -2.27. The number of unbranched alkanes of at least 4 members (excludes halogenated alkanes) is 1. The van der Waals surface area contributed by atoms with Crippen LogP contribution in [0.4, 0.5) is 5.69 Å². The van der Waals surface area contributed by atoms with E-state index in [1.54, 1.807) is 23.1 Å². The maximum atomic E-state index is 5.76. The van der Waals surface area contributed by atoms with E-state index >= 15 is 0 Å². The zero-order valence-corrected chi connectivity index (χ0v) is 19.1. The molecule has 1 heterocycles. The summed E-state index contributed by atoms with van der Waals surface area (Å²) in [7, 11) is 2.21. The van der Waals surface area contributed by atoms with Crippen molar-refractivity contribution in [3.8, 4) is 0 Å². The maximum absolute atomic E-state index is 5.76. The summed E-state index contributed by atoms with van der Waals surface area (Å²) in [5, 5.41) is 6.37. The van der Waals surface area contributed by atoms with Crippen LogP contribution in [0.2, 0.25) is 0 Å². The molecule has 148 valence electrons. The summed E-state index contributed by atoms with van der Waals surface area (Å²) in [6.07, 6.45) is 5.72. The van der Waals surface area contributed by atoms with Crippen molar-refractivity contribution in [2.75, 3.05) is 38.3 Å². The Labute approximate surface area is 178 Å². The number of nitrogens with one attached hydrogen (secondary N) is 1. The van der Waals surface area contributed by atoms with Crippen molar-refractivity contribution < 1.29 is 0 Å². The molecule has 2 aromatic rings. The molecule has 1 aromatic carbocycles. The molecule has 3 nitrogen and oxygen atoms in total. The Morgan fingerprint density at radius 3 is 2.67 bits per heavy atom. The van der Waals surface area contributed by atoms with Crippen LogP contribution in [0.5, 0.6) is 0 Å². The zero-order chi connectivity index (χ0) is 19.5. The van der Waals surface area contributed by atoms with E-state index in [1.165, 1.54) is 29.2 Å². The molecule has 27 heavy (non-hydrogen) atoms. The lowest BCUT2D eigenvalue weighted by atomic mass is 10.3. The smallest absolute Gasteiger partial charge is 0.173 e. The second kappa shape index (κ2) is 12.4. The fourth-order valence-corrected chi connectivity index (χ4v) is 4.27. The molecule has 0 unspecified atom stereocenters. The van der Waals surface area contributed by atoms with E-state index in [2.05, 4.69) is 77.1 Å². The third-order valence-corrected chi connectivity index (χ3v) is 6.34. The first-order valence-electron chi connectivity index (χ1n) is 9.53. The number of rotatable bonds is 11. The van der Waals surface area contributed by atoms with Gasteiger partial charge in [-0.2, -0.15) is 0 Å². The molecule has 0 aliphatic carbocycles. The maximum Gasteiger partial charge on any atom is 0.173 e. The monoisotopic (exact) mass is 421 g/mol. The molecule has 0 saturated heterocycles. The first-order valence-corrected chi connectivity index (χ1v) is 12.0. The third-order valence-electron chi connectivity index (χ3n) is 4.40. The molecule has 1 aromatic heterocycles. The predicted octanol–water partition coefficient (Wildman–Crippen LogP) is 5.79. The Morgan fingerprint density at radius 1 is 1.15 bits per heavy atom. The van der Waals surface area contributed by atoms with Gasteiger partial charge in [0, 0.05) is 22.0 Å². The minimum atomic E-state index is 0.804. The summed E-state index contributed by atoms with van der Waals surface area (Å²) in [5.41, 5.74) is 1.06. The van der Waals surface area contributed by atoms with Crippen molar-refractivity contribution in [2.24, 2.45) is 0 Å². The molecular formula is C21H31N3S3. The van der Waals surface area contributed by atoms with Crippen molar-refractivity contribution in [1.29, 1.82) is 0 Å². The van der Waals surface area contributed by atoms with Gasteiger partial charge < -0.3 is 15.1 Å². The average molecular weight is 422 g/mol.